The van der Waals surface area contributed by atoms with Crippen molar-refractivity contribution in [1.82, 2.24) is 4.98 Å². The molecule has 1 atom stereocenters. The number of nitrogens with zero attached hydrogens (tertiary/aromatic N) is 1. The minimum absolute atomic E-state index is 0.223. The second-order valence-corrected chi connectivity index (χ2v) is 5.98. The lowest BCUT2D eigenvalue weighted by atomic mass is 9.87. The summed E-state index contributed by atoms with van der Waals surface area (Å²) < 4.78 is 14.3. The third kappa shape index (κ3) is 2.37. The summed E-state index contributed by atoms with van der Waals surface area (Å²) in [5.74, 6) is 0.0697. The van der Waals surface area contributed by atoms with Crippen LogP contribution in [0.1, 0.15) is 33.1 Å². The first kappa shape index (κ1) is 11.8. The van der Waals surface area contributed by atoms with Gasteiger partial charge in [0.15, 0.2) is 11.6 Å². The number of aromatic nitrogens is 1. The van der Waals surface area contributed by atoms with Crippen molar-refractivity contribution < 1.29 is 4.39 Å². The Morgan fingerprint density at radius 2 is 2.31 bits per heavy atom. The second kappa shape index (κ2) is 4.32. The first-order valence-corrected chi connectivity index (χ1v) is 6.36. The average molecular weight is 287 g/mol. The fourth-order valence-electron chi connectivity index (χ4n) is 2.28. The Hall–Kier alpha value is -0.640. The van der Waals surface area contributed by atoms with Crippen molar-refractivity contribution in [2.24, 2.45) is 5.41 Å². The quantitative estimate of drug-likeness (QED) is 0.890. The minimum Gasteiger partial charge on any atom is -0.364 e. The number of anilines is 1. The van der Waals surface area contributed by atoms with Crippen LogP contribution in [-0.4, -0.2) is 11.0 Å². The van der Waals surface area contributed by atoms with Crippen LogP contribution in [0.2, 0.25) is 0 Å². The Morgan fingerprint density at radius 3 is 2.88 bits per heavy atom. The lowest BCUT2D eigenvalue weighted by molar-refractivity contribution is 0.348. The van der Waals surface area contributed by atoms with Gasteiger partial charge < -0.3 is 5.32 Å². The van der Waals surface area contributed by atoms with Gasteiger partial charge in [-0.1, -0.05) is 20.3 Å². The van der Waals surface area contributed by atoms with Gasteiger partial charge in [0, 0.05) is 16.7 Å². The number of hydrogen-bond donors (Lipinski definition) is 1. The number of pyridine rings is 1. The fourth-order valence-corrected chi connectivity index (χ4v) is 2.58. The number of halogens is 2. The van der Waals surface area contributed by atoms with Crippen molar-refractivity contribution in [2.45, 2.75) is 39.2 Å². The molecule has 1 fully saturated rings. The Morgan fingerprint density at radius 1 is 1.56 bits per heavy atom. The zero-order valence-electron chi connectivity index (χ0n) is 9.56. The van der Waals surface area contributed by atoms with E-state index in [1.807, 2.05) is 0 Å². The van der Waals surface area contributed by atoms with Gasteiger partial charge in [-0.25, -0.2) is 9.37 Å². The van der Waals surface area contributed by atoms with Crippen LogP contribution in [0.4, 0.5) is 10.2 Å². The van der Waals surface area contributed by atoms with Gasteiger partial charge in [-0.15, -0.1) is 0 Å². The van der Waals surface area contributed by atoms with E-state index in [9.17, 15) is 4.39 Å². The molecule has 16 heavy (non-hydrogen) atoms. The van der Waals surface area contributed by atoms with Crippen molar-refractivity contribution in [1.29, 1.82) is 0 Å². The third-order valence-corrected chi connectivity index (χ3v) is 3.81. The summed E-state index contributed by atoms with van der Waals surface area (Å²) in [7, 11) is 0. The van der Waals surface area contributed by atoms with Crippen molar-refractivity contribution in [2.75, 3.05) is 5.32 Å². The zero-order valence-corrected chi connectivity index (χ0v) is 11.1. The first-order chi connectivity index (χ1) is 7.49. The van der Waals surface area contributed by atoms with Crippen LogP contribution in [0.25, 0.3) is 0 Å². The highest BCUT2D eigenvalue weighted by Crippen LogP contribution is 2.39. The van der Waals surface area contributed by atoms with Gasteiger partial charge in [0.25, 0.3) is 0 Å². The summed E-state index contributed by atoms with van der Waals surface area (Å²) in [4.78, 5) is 4.07. The molecular formula is C12H16BrFN2. The topological polar surface area (TPSA) is 24.9 Å². The van der Waals surface area contributed by atoms with E-state index in [1.54, 1.807) is 6.20 Å². The van der Waals surface area contributed by atoms with E-state index in [2.05, 4.69) is 40.1 Å². The van der Waals surface area contributed by atoms with Gasteiger partial charge in [0.1, 0.15) is 0 Å². The van der Waals surface area contributed by atoms with Gasteiger partial charge in [0.2, 0.25) is 0 Å². The summed E-state index contributed by atoms with van der Waals surface area (Å²) in [6, 6.07) is 1.76. The molecule has 0 amide bonds. The highest BCUT2D eigenvalue weighted by molar-refractivity contribution is 9.10. The average Bonchev–Trinajstić information content (AvgIpc) is 2.50. The van der Waals surface area contributed by atoms with Crippen molar-refractivity contribution in [3.8, 4) is 0 Å². The molecule has 1 aromatic heterocycles. The van der Waals surface area contributed by atoms with Crippen LogP contribution < -0.4 is 5.32 Å². The Bertz CT molecular complexity index is 393. The molecular weight excluding hydrogens is 271 g/mol. The molecule has 0 saturated heterocycles. The molecule has 1 heterocycles. The lowest BCUT2D eigenvalue weighted by Crippen LogP contribution is -2.31. The lowest BCUT2D eigenvalue weighted by Gasteiger charge is -2.28. The predicted octanol–water partition coefficient (Wildman–Crippen LogP) is 3.97. The largest absolute Gasteiger partial charge is 0.364 e. The van der Waals surface area contributed by atoms with E-state index in [1.165, 1.54) is 18.9 Å². The highest BCUT2D eigenvalue weighted by Gasteiger charge is 2.34. The van der Waals surface area contributed by atoms with E-state index in [0.717, 1.165) is 6.42 Å². The maximum absolute atomic E-state index is 13.6. The van der Waals surface area contributed by atoms with Crippen molar-refractivity contribution in [3.63, 3.8) is 0 Å². The van der Waals surface area contributed by atoms with Crippen molar-refractivity contribution >= 4 is 21.7 Å². The molecule has 4 heteroatoms. The second-order valence-electron chi connectivity index (χ2n) is 5.06. The van der Waals surface area contributed by atoms with Gasteiger partial charge >= 0.3 is 0 Å². The summed E-state index contributed by atoms with van der Waals surface area (Å²) in [5.41, 5.74) is 0.223. The normalized spacial score (nSPS) is 23.4. The Balaban J connectivity index is 2.15. The summed E-state index contributed by atoms with van der Waals surface area (Å²) >= 11 is 3.20. The third-order valence-electron chi connectivity index (χ3n) is 3.38. The molecule has 0 aromatic carbocycles. The van der Waals surface area contributed by atoms with Gasteiger partial charge in [-0.05, 0) is 40.3 Å². The number of hydrogen-bond acceptors (Lipinski definition) is 2. The van der Waals surface area contributed by atoms with Crippen molar-refractivity contribution in [3.05, 3.63) is 22.6 Å². The van der Waals surface area contributed by atoms with E-state index in [-0.39, 0.29) is 11.2 Å². The van der Waals surface area contributed by atoms with Crippen LogP contribution >= 0.6 is 15.9 Å². The van der Waals surface area contributed by atoms with E-state index in [4.69, 9.17) is 0 Å². The summed E-state index contributed by atoms with van der Waals surface area (Å²) in [5, 5.41) is 3.22. The molecule has 1 aliphatic rings. The monoisotopic (exact) mass is 286 g/mol. The molecule has 2 nitrogen and oxygen atoms in total. The van der Waals surface area contributed by atoms with Crippen LogP contribution in [-0.2, 0) is 0 Å². The minimum atomic E-state index is -0.294. The standard InChI is InChI=1S/C12H16BrFN2/c1-12(2)5-3-4-10(12)16-11-9(14)6-8(13)7-15-11/h6-7,10H,3-5H2,1-2H3,(H,15,16). The van der Waals surface area contributed by atoms with Crippen LogP contribution in [0.3, 0.4) is 0 Å². The zero-order chi connectivity index (χ0) is 11.8. The Labute approximate surface area is 104 Å². The molecule has 1 N–H and O–H groups in total. The SMILES string of the molecule is CC1(C)CCCC1Nc1ncc(Br)cc1F. The molecule has 0 aliphatic heterocycles. The molecule has 88 valence electrons. The van der Waals surface area contributed by atoms with Crippen LogP contribution in [0.15, 0.2) is 16.7 Å². The van der Waals surface area contributed by atoms with Gasteiger partial charge in [0.05, 0.1) is 0 Å². The highest BCUT2D eigenvalue weighted by atomic mass is 79.9. The maximum atomic E-state index is 13.6. The fraction of sp³-hybridized carbons (Fsp3) is 0.583. The predicted molar refractivity (Wildman–Crippen MR) is 66.9 cm³/mol. The molecule has 0 bridgehead atoms. The molecule has 2 rings (SSSR count). The van der Waals surface area contributed by atoms with Crippen LogP contribution in [0, 0.1) is 11.2 Å². The molecule has 1 aliphatic carbocycles. The molecule has 1 aromatic rings. The molecule has 1 unspecified atom stereocenters. The van der Waals surface area contributed by atoms with Crippen LogP contribution in [0.5, 0.6) is 0 Å². The van der Waals surface area contributed by atoms with E-state index < -0.39 is 0 Å². The molecule has 0 spiro atoms. The van der Waals surface area contributed by atoms with E-state index in [0.29, 0.717) is 16.3 Å². The number of rotatable bonds is 2. The maximum Gasteiger partial charge on any atom is 0.166 e. The first-order valence-electron chi connectivity index (χ1n) is 5.56. The Kier molecular flexibility index (Phi) is 3.19. The van der Waals surface area contributed by atoms with Gasteiger partial charge in [-0.2, -0.15) is 0 Å². The molecule has 0 radical (unpaired) electrons. The smallest absolute Gasteiger partial charge is 0.166 e. The summed E-state index contributed by atoms with van der Waals surface area (Å²) in [6.07, 6.45) is 5.09. The van der Waals surface area contributed by atoms with E-state index >= 15 is 0 Å². The summed E-state index contributed by atoms with van der Waals surface area (Å²) in [6.45, 7) is 4.43. The number of nitrogens with one attached hydrogen (secondary N) is 1. The van der Waals surface area contributed by atoms with Gasteiger partial charge in [-0.3, -0.25) is 0 Å². The molecule has 1 saturated carbocycles.